The zero-order chi connectivity index (χ0) is 13.5. The summed E-state index contributed by atoms with van der Waals surface area (Å²) in [6, 6.07) is 5.48. The first-order valence-electron chi connectivity index (χ1n) is 5.91. The van der Waals surface area contributed by atoms with Gasteiger partial charge in [-0.25, -0.2) is 0 Å². The predicted molar refractivity (Wildman–Crippen MR) is 73.8 cm³/mol. The van der Waals surface area contributed by atoms with Crippen molar-refractivity contribution >= 4 is 11.5 Å². The van der Waals surface area contributed by atoms with Gasteiger partial charge in [-0.05, 0) is 19.1 Å². The second-order valence-electron chi connectivity index (χ2n) is 3.92. The molecule has 1 rings (SSSR count). The van der Waals surface area contributed by atoms with Crippen LogP contribution in [-0.2, 0) is 4.74 Å². The van der Waals surface area contributed by atoms with E-state index in [2.05, 4.69) is 0 Å². The Hall–Kier alpha value is -1.75. The Morgan fingerprint density at radius 3 is 2.72 bits per heavy atom. The second kappa shape index (κ2) is 6.86. The molecule has 0 aliphatic carbocycles. The van der Waals surface area contributed by atoms with Gasteiger partial charge in [0.1, 0.15) is 11.6 Å². The van der Waals surface area contributed by atoms with Gasteiger partial charge in [-0.3, -0.25) is 5.41 Å². The molecule has 0 aliphatic rings. The van der Waals surface area contributed by atoms with Crippen LogP contribution in [-0.4, -0.2) is 39.8 Å². The van der Waals surface area contributed by atoms with Crippen molar-refractivity contribution in [3.63, 3.8) is 0 Å². The second-order valence-corrected chi connectivity index (χ2v) is 3.92. The van der Waals surface area contributed by atoms with Crippen LogP contribution in [0.3, 0.4) is 0 Å². The third kappa shape index (κ3) is 3.63. The van der Waals surface area contributed by atoms with Crippen molar-refractivity contribution in [3.05, 3.63) is 23.8 Å². The van der Waals surface area contributed by atoms with Gasteiger partial charge in [0.05, 0.1) is 19.4 Å². The van der Waals surface area contributed by atoms with Crippen LogP contribution in [0.4, 0.5) is 5.69 Å². The summed E-state index contributed by atoms with van der Waals surface area (Å²) in [5, 5.41) is 7.59. The van der Waals surface area contributed by atoms with E-state index in [0.29, 0.717) is 18.8 Å². The number of hydrogen-bond donors (Lipinski definition) is 2. The SMILES string of the molecule is CCOCCN(C)c1cc(OC)ccc1C(=N)N. The highest BCUT2D eigenvalue weighted by atomic mass is 16.5. The van der Waals surface area contributed by atoms with Crippen LogP contribution in [0.5, 0.6) is 5.75 Å². The number of anilines is 1. The summed E-state index contributed by atoms with van der Waals surface area (Å²) in [6.45, 7) is 4.04. The highest BCUT2D eigenvalue weighted by molar-refractivity contribution is 6.00. The van der Waals surface area contributed by atoms with Crippen LogP contribution in [0.15, 0.2) is 18.2 Å². The van der Waals surface area contributed by atoms with E-state index in [9.17, 15) is 0 Å². The van der Waals surface area contributed by atoms with Gasteiger partial charge in [0.25, 0.3) is 0 Å². The molecular weight excluding hydrogens is 230 g/mol. The largest absolute Gasteiger partial charge is 0.497 e. The summed E-state index contributed by atoms with van der Waals surface area (Å²) >= 11 is 0. The minimum absolute atomic E-state index is 0.0518. The maximum Gasteiger partial charge on any atom is 0.124 e. The third-order valence-electron chi connectivity index (χ3n) is 2.68. The first kappa shape index (κ1) is 14.3. The maximum absolute atomic E-state index is 7.59. The average molecular weight is 251 g/mol. The molecule has 1 aromatic rings. The normalized spacial score (nSPS) is 10.2. The highest BCUT2D eigenvalue weighted by Gasteiger charge is 2.11. The summed E-state index contributed by atoms with van der Waals surface area (Å²) in [5.41, 5.74) is 7.16. The Labute approximate surface area is 108 Å². The molecule has 0 aromatic heterocycles. The number of amidine groups is 1. The van der Waals surface area contributed by atoms with Crippen molar-refractivity contribution in [1.29, 1.82) is 5.41 Å². The van der Waals surface area contributed by atoms with Crippen LogP contribution in [0.1, 0.15) is 12.5 Å². The number of likely N-dealkylation sites (N-methyl/N-ethyl adjacent to an activating group) is 1. The van der Waals surface area contributed by atoms with E-state index in [-0.39, 0.29) is 5.84 Å². The number of nitrogen functional groups attached to an aromatic ring is 1. The van der Waals surface area contributed by atoms with Crippen molar-refractivity contribution in [2.45, 2.75) is 6.92 Å². The molecule has 5 nitrogen and oxygen atoms in total. The zero-order valence-electron chi connectivity index (χ0n) is 11.2. The first-order valence-corrected chi connectivity index (χ1v) is 5.91. The molecule has 0 heterocycles. The van der Waals surface area contributed by atoms with E-state index >= 15 is 0 Å². The van der Waals surface area contributed by atoms with E-state index in [4.69, 9.17) is 20.6 Å². The van der Waals surface area contributed by atoms with Gasteiger partial charge in [0.15, 0.2) is 0 Å². The summed E-state index contributed by atoms with van der Waals surface area (Å²) in [6.07, 6.45) is 0. The molecule has 100 valence electrons. The van der Waals surface area contributed by atoms with Crippen LogP contribution in [0.2, 0.25) is 0 Å². The topological polar surface area (TPSA) is 71.6 Å². The number of nitrogens with two attached hydrogens (primary N) is 1. The monoisotopic (exact) mass is 251 g/mol. The number of hydrogen-bond acceptors (Lipinski definition) is 4. The van der Waals surface area contributed by atoms with Gasteiger partial charge in [0.2, 0.25) is 0 Å². The molecule has 3 N–H and O–H groups in total. The number of benzene rings is 1. The number of methoxy groups -OCH3 is 1. The molecule has 5 heteroatoms. The van der Waals surface area contributed by atoms with Crippen LogP contribution in [0, 0.1) is 5.41 Å². The lowest BCUT2D eigenvalue weighted by molar-refractivity contribution is 0.154. The molecule has 0 bridgehead atoms. The number of nitrogens with one attached hydrogen (secondary N) is 1. The molecule has 0 amide bonds. The van der Waals surface area contributed by atoms with E-state index in [1.165, 1.54) is 0 Å². The summed E-state index contributed by atoms with van der Waals surface area (Å²) < 4.78 is 10.5. The average Bonchev–Trinajstić information content (AvgIpc) is 2.38. The van der Waals surface area contributed by atoms with Crippen molar-refractivity contribution in [3.8, 4) is 5.75 Å². The van der Waals surface area contributed by atoms with Crippen molar-refractivity contribution in [2.75, 3.05) is 38.8 Å². The Morgan fingerprint density at radius 2 is 2.17 bits per heavy atom. The smallest absolute Gasteiger partial charge is 0.124 e. The van der Waals surface area contributed by atoms with Crippen molar-refractivity contribution < 1.29 is 9.47 Å². The lowest BCUT2D eigenvalue weighted by Gasteiger charge is -2.22. The molecule has 1 aromatic carbocycles. The predicted octanol–water partition coefficient (Wildman–Crippen LogP) is 1.45. The number of nitrogens with zero attached hydrogens (tertiary/aromatic N) is 1. The fourth-order valence-electron chi connectivity index (χ4n) is 1.65. The van der Waals surface area contributed by atoms with Crippen LogP contribution in [0.25, 0.3) is 0 Å². The lowest BCUT2D eigenvalue weighted by atomic mass is 10.1. The minimum Gasteiger partial charge on any atom is -0.497 e. The summed E-state index contributed by atoms with van der Waals surface area (Å²) in [4.78, 5) is 2.01. The molecule has 0 fully saturated rings. The molecule has 0 atom stereocenters. The van der Waals surface area contributed by atoms with Crippen molar-refractivity contribution in [1.82, 2.24) is 0 Å². The summed E-state index contributed by atoms with van der Waals surface area (Å²) in [7, 11) is 3.56. The molecular formula is C13H21N3O2. The standard InChI is InChI=1S/C13H21N3O2/c1-4-18-8-7-16(2)12-9-10(17-3)5-6-11(12)13(14)15/h5-6,9H,4,7-8H2,1-3H3,(H3,14,15). The Kier molecular flexibility index (Phi) is 5.45. The van der Waals surface area contributed by atoms with Crippen LogP contribution < -0.4 is 15.4 Å². The zero-order valence-corrected chi connectivity index (χ0v) is 11.2. The minimum atomic E-state index is 0.0518. The van der Waals surface area contributed by atoms with Gasteiger partial charge in [0, 0.05) is 31.8 Å². The number of ether oxygens (including phenoxy) is 2. The van der Waals surface area contributed by atoms with E-state index in [1.54, 1.807) is 19.2 Å². The van der Waals surface area contributed by atoms with E-state index in [0.717, 1.165) is 18.0 Å². The molecule has 0 unspecified atom stereocenters. The van der Waals surface area contributed by atoms with E-state index in [1.807, 2.05) is 24.9 Å². The quantitative estimate of drug-likeness (QED) is 0.437. The van der Waals surface area contributed by atoms with Crippen LogP contribution >= 0.6 is 0 Å². The number of rotatable bonds is 7. The van der Waals surface area contributed by atoms with E-state index < -0.39 is 0 Å². The highest BCUT2D eigenvalue weighted by Crippen LogP contribution is 2.25. The first-order chi connectivity index (χ1) is 8.60. The third-order valence-corrected chi connectivity index (χ3v) is 2.68. The van der Waals surface area contributed by atoms with Gasteiger partial charge >= 0.3 is 0 Å². The molecule has 0 spiro atoms. The molecule has 0 radical (unpaired) electrons. The van der Waals surface area contributed by atoms with Gasteiger partial charge in [-0.2, -0.15) is 0 Å². The molecule has 0 aliphatic heterocycles. The van der Waals surface area contributed by atoms with Gasteiger partial charge in [-0.1, -0.05) is 0 Å². The Balaban J connectivity index is 2.92. The molecule has 18 heavy (non-hydrogen) atoms. The van der Waals surface area contributed by atoms with Gasteiger partial charge < -0.3 is 20.1 Å². The lowest BCUT2D eigenvalue weighted by Crippen LogP contribution is -2.26. The van der Waals surface area contributed by atoms with Crippen molar-refractivity contribution in [2.24, 2.45) is 5.73 Å². The fourth-order valence-corrected chi connectivity index (χ4v) is 1.65. The Bertz CT molecular complexity index is 407. The Morgan fingerprint density at radius 1 is 1.44 bits per heavy atom. The fraction of sp³-hybridized carbons (Fsp3) is 0.462. The van der Waals surface area contributed by atoms with Gasteiger partial charge in [-0.15, -0.1) is 0 Å². The summed E-state index contributed by atoms with van der Waals surface area (Å²) in [5.74, 6) is 0.800. The molecule has 0 saturated heterocycles. The molecule has 0 saturated carbocycles. The maximum atomic E-state index is 7.59.